The van der Waals surface area contributed by atoms with Gasteiger partial charge in [0.05, 0.1) is 39.6 Å². The van der Waals surface area contributed by atoms with E-state index in [1.165, 1.54) is 77.0 Å². The summed E-state index contributed by atoms with van der Waals surface area (Å²) in [6.07, 6.45) is 20.6. The molecular formula is C48H72O6. The average molecular weight is 745 g/mol. The fourth-order valence-corrected chi connectivity index (χ4v) is 6.99. The SMILES string of the molecule is CCCCCCCOc1cc2c(cc1OCCC)c1cc(OCCCCCCC)c(OCCC)cc1c1cc(OCCCCCCC)c(OCCC)cc21. The van der Waals surface area contributed by atoms with Gasteiger partial charge >= 0.3 is 0 Å². The molecule has 0 heterocycles. The van der Waals surface area contributed by atoms with Gasteiger partial charge in [-0.3, -0.25) is 0 Å². The zero-order valence-corrected chi connectivity index (χ0v) is 34.9. The third kappa shape index (κ3) is 12.8. The van der Waals surface area contributed by atoms with Crippen LogP contribution in [0.5, 0.6) is 34.5 Å². The standard InChI is InChI=1S/C48H72O6/c1-7-13-16-19-22-28-52-46-34-40-37(31-43(46)49-25-10-4)41-35-47(53-29-23-20-17-14-8-2)45(51-27-12-6)33-39(41)42-36-48(54-30-24-21-18-15-9-3)44(32-38(40)42)50-26-11-5/h31-36H,7-30H2,1-6H3. The molecule has 4 aromatic carbocycles. The van der Waals surface area contributed by atoms with Crippen molar-refractivity contribution in [3.8, 4) is 34.5 Å². The number of benzene rings is 4. The Hall–Kier alpha value is -3.54. The maximum Gasteiger partial charge on any atom is 0.161 e. The number of hydrogen-bond acceptors (Lipinski definition) is 6. The number of unbranched alkanes of at least 4 members (excludes halogenated alkanes) is 12. The van der Waals surface area contributed by atoms with Crippen molar-refractivity contribution in [2.24, 2.45) is 0 Å². The Morgan fingerprint density at radius 1 is 0.241 bits per heavy atom. The second kappa shape index (κ2) is 24.8. The number of fused-ring (bicyclic) bond motifs is 6. The van der Waals surface area contributed by atoms with Crippen molar-refractivity contribution >= 4 is 32.3 Å². The van der Waals surface area contributed by atoms with Crippen molar-refractivity contribution in [1.29, 1.82) is 0 Å². The van der Waals surface area contributed by atoms with E-state index in [0.717, 1.165) is 105 Å². The predicted molar refractivity (Wildman–Crippen MR) is 229 cm³/mol. The first-order valence-electron chi connectivity index (χ1n) is 21.9. The van der Waals surface area contributed by atoms with Crippen LogP contribution in [0.15, 0.2) is 36.4 Å². The van der Waals surface area contributed by atoms with Gasteiger partial charge in [-0.2, -0.15) is 0 Å². The van der Waals surface area contributed by atoms with Gasteiger partial charge in [0.25, 0.3) is 0 Å². The second-order valence-corrected chi connectivity index (χ2v) is 14.9. The normalized spacial score (nSPS) is 11.4. The van der Waals surface area contributed by atoms with E-state index < -0.39 is 0 Å². The smallest absolute Gasteiger partial charge is 0.161 e. The summed E-state index contributed by atoms with van der Waals surface area (Å²) in [5.41, 5.74) is 0. The molecule has 0 spiro atoms. The Morgan fingerprint density at radius 2 is 0.444 bits per heavy atom. The fourth-order valence-electron chi connectivity index (χ4n) is 6.99. The van der Waals surface area contributed by atoms with Gasteiger partial charge in [0.1, 0.15) is 0 Å². The molecule has 0 bridgehead atoms. The van der Waals surface area contributed by atoms with Gasteiger partial charge in [-0.15, -0.1) is 0 Å². The molecule has 0 saturated carbocycles. The molecular weight excluding hydrogens is 673 g/mol. The summed E-state index contributed by atoms with van der Waals surface area (Å²) in [5.74, 6) is 4.74. The van der Waals surface area contributed by atoms with E-state index in [1.807, 2.05) is 0 Å². The molecule has 0 unspecified atom stereocenters. The van der Waals surface area contributed by atoms with Gasteiger partial charge in [0.2, 0.25) is 0 Å². The van der Waals surface area contributed by atoms with Gasteiger partial charge in [-0.05, 0) is 107 Å². The molecule has 6 nitrogen and oxygen atoms in total. The van der Waals surface area contributed by atoms with E-state index in [9.17, 15) is 0 Å². The molecule has 0 atom stereocenters. The molecule has 6 heteroatoms. The maximum atomic E-state index is 6.55. The van der Waals surface area contributed by atoms with Crippen LogP contribution in [-0.4, -0.2) is 39.6 Å². The summed E-state index contributed by atoms with van der Waals surface area (Å²) < 4.78 is 38.9. The Bertz CT molecular complexity index is 1440. The van der Waals surface area contributed by atoms with Crippen LogP contribution in [0, 0.1) is 0 Å². The Morgan fingerprint density at radius 3 is 0.648 bits per heavy atom. The molecule has 4 aromatic rings. The van der Waals surface area contributed by atoms with E-state index in [-0.39, 0.29) is 0 Å². The first-order chi connectivity index (χ1) is 26.6. The van der Waals surface area contributed by atoms with Crippen LogP contribution in [0.25, 0.3) is 32.3 Å². The molecule has 0 aliphatic carbocycles. The highest BCUT2D eigenvalue weighted by atomic mass is 16.5. The zero-order chi connectivity index (χ0) is 38.4. The Balaban J connectivity index is 1.91. The monoisotopic (exact) mass is 745 g/mol. The third-order valence-corrected chi connectivity index (χ3v) is 10.0. The summed E-state index contributed by atoms with van der Waals surface area (Å²) in [6, 6.07) is 13.2. The lowest BCUT2D eigenvalue weighted by molar-refractivity contribution is 0.263. The highest BCUT2D eigenvalue weighted by Gasteiger charge is 2.20. The fraction of sp³-hybridized carbons (Fsp3) is 0.625. The van der Waals surface area contributed by atoms with Crippen LogP contribution < -0.4 is 28.4 Å². The van der Waals surface area contributed by atoms with E-state index >= 15 is 0 Å². The molecule has 0 aliphatic rings. The van der Waals surface area contributed by atoms with Crippen molar-refractivity contribution in [2.45, 2.75) is 157 Å². The lowest BCUT2D eigenvalue weighted by Crippen LogP contribution is -2.04. The molecule has 54 heavy (non-hydrogen) atoms. The lowest BCUT2D eigenvalue weighted by atomic mass is 9.93. The Labute approximate surface area is 327 Å². The minimum Gasteiger partial charge on any atom is -0.490 e. The maximum absolute atomic E-state index is 6.55. The van der Waals surface area contributed by atoms with Crippen molar-refractivity contribution in [2.75, 3.05) is 39.6 Å². The van der Waals surface area contributed by atoms with E-state index in [4.69, 9.17) is 28.4 Å². The van der Waals surface area contributed by atoms with Crippen LogP contribution in [0.2, 0.25) is 0 Å². The highest BCUT2D eigenvalue weighted by molar-refractivity contribution is 6.26. The molecule has 0 aliphatic heterocycles. The minimum atomic E-state index is 0.624. The van der Waals surface area contributed by atoms with Gasteiger partial charge in [-0.1, -0.05) is 119 Å². The topological polar surface area (TPSA) is 55.4 Å². The van der Waals surface area contributed by atoms with Crippen molar-refractivity contribution in [1.82, 2.24) is 0 Å². The van der Waals surface area contributed by atoms with Crippen LogP contribution in [0.3, 0.4) is 0 Å². The largest absolute Gasteiger partial charge is 0.490 e. The van der Waals surface area contributed by atoms with Crippen molar-refractivity contribution < 1.29 is 28.4 Å². The molecule has 0 N–H and O–H groups in total. The molecule has 0 fully saturated rings. The summed E-state index contributed by atoms with van der Waals surface area (Å²) in [4.78, 5) is 0. The molecule has 0 amide bonds. The predicted octanol–water partition coefficient (Wildman–Crippen LogP) is 14.6. The molecule has 0 radical (unpaired) electrons. The first-order valence-corrected chi connectivity index (χ1v) is 21.9. The summed E-state index contributed by atoms with van der Waals surface area (Å²) in [5, 5.41) is 6.59. The van der Waals surface area contributed by atoms with Gasteiger partial charge < -0.3 is 28.4 Å². The second-order valence-electron chi connectivity index (χ2n) is 14.9. The van der Waals surface area contributed by atoms with E-state index in [0.29, 0.717) is 39.6 Å². The quantitative estimate of drug-likeness (QED) is 0.0391. The van der Waals surface area contributed by atoms with Crippen LogP contribution in [0.4, 0.5) is 0 Å². The zero-order valence-electron chi connectivity index (χ0n) is 34.9. The highest BCUT2D eigenvalue weighted by Crippen LogP contribution is 2.47. The van der Waals surface area contributed by atoms with Crippen LogP contribution in [0.1, 0.15) is 157 Å². The van der Waals surface area contributed by atoms with Gasteiger partial charge in [0, 0.05) is 0 Å². The van der Waals surface area contributed by atoms with Crippen LogP contribution >= 0.6 is 0 Å². The number of rotatable bonds is 30. The summed E-state index contributed by atoms with van der Waals surface area (Å²) >= 11 is 0. The Kier molecular flexibility index (Phi) is 19.8. The third-order valence-electron chi connectivity index (χ3n) is 10.0. The number of ether oxygens (including phenoxy) is 6. The van der Waals surface area contributed by atoms with Crippen molar-refractivity contribution in [3.63, 3.8) is 0 Å². The van der Waals surface area contributed by atoms with E-state index in [2.05, 4.69) is 77.9 Å². The minimum absolute atomic E-state index is 0.624. The number of hydrogen-bond donors (Lipinski definition) is 0. The summed E-state index contributed by atoms with van der Waals surface area (Å²) in [6.45, 7) is 17.1. The van der Waals surface area contributed by atoms with Gasteiger partial charge in [0.15, 0.2) is 34.5 Å². The molecule has 0 saturated heterocycles. The average Bonchev–Trinajstić information content (AvgIpc) is 3.19. The molecule has 4 rings (SSSR count). The van der Waals surface area contributed by atoms with Crippen molar-refractivity contribution in [3.05, 3.63) is 36.4 Å². The van der Waals surface area contributed by atoms with Gasteiger partial charge in [-0.25, -0.2) is 0 Å². The van der Waals surface area contributed by atoms with Crippen LogP contribution in [-0.2, 0) is 0 Å². The first kappa shape index (κ1) is 43.2. The molecule has 300 valence electrons. The lowest BCUT2D eigenvalue weighted by Gasteiger charge is -2.20. The molecule has 0 aromatic heterocycles. The summed E-state index contributed by atoms with van der Waals surface area (Å²) in [7, 11) is 0. The van der Waals surface area contributed by atoms with E-state index in [1.54, 1.807) is 0 Å².